The van der Waals surface area contributed by atoms with E-state index in [4.69, 9.17) is 0 Å². The normalized spacial score (nSPS) is 10.7. The van der Waals surface area contributed by atoms with E-state index in [0.29, 0.717) is 21.8 Å². The zero-order valence-corrected chi connectivity index (χ0v) is 12.2. The molecule has 0 unspecified atom stereocenters. The lowest BCUT2D eigenvalue weighted by Crippen LogP contribution is -2.08. The molecule has 0 radical (unpaired) electrons. The van der Waals surface area contributed by atoms with Gasteiger partial charge in [0.15, 0.2) is 5.16 Å². The third-order valence-electron chi connectivity index (χ3n) is 3.09. The number of nitro benzene ring substituents is 1. The van der Waals surface area contributed by atoms with Crippen LogP contribution in [0.4, 0.5) is 5.69 Å². The van der Waals surface area contributed by atoms with E-state index in [2.05, 4.69) is 9.97 Å². The van der Waals surface area contributed by atoms with Crippen LogP contribution >= 0.6 is 11.8 Å². The van der Waals surface area contributed by atoms with Crippen molar-refractivity contribution in [3.05, 3.63) is 74.6 Å². The van der Waals surface area contributed by atoms with E-state index >= 15 is 0 Å². The molecule has 1 heterocycles. The van der Waals surface area contributed by atoms with E-state index in [1.807, 2.05) is 6.07 Å². The van der Waals surface area contributed by atoms with Crippen molar-refractivity contribution in [2.75, 3.05) is 0 Å². The predicted octanol–water partition coefficient (Wildman–Crippen LogP) is 3.12. The molecule has 1 N–H and O–H groups in total. The molecule has 3 rings (SSSR count). The fourth-order valence-corrected chi connectivity index (χ4v) is 2.86. The highest BCUT2D eigenvalue weighted by molar-refractivity contribution is 7.98. The smallest absolute Gasteiger partial charge is 0.269 e. The van der Waals surface area contributed by atoms with E-state index in [1.165, 1.54) is 23.9 Å². The van der Waals surface area contributed by atoms with Crippen LogP contribution in [0.2, 0.25) is 0 Å². The van der Waals surface area contributed by atoms with Crippen molar-refractivity contribution in [2.24, 2.45) is 0 Å². The van der Waals surface area contributed by atoms with Gasteiger partial charge in [-0.15, -0.1) is 0 Å². The molecular weight excluding hydrogens is 302 g/mol. The Labute approximate surface area is 129 Å². The Morgan fingerprint density at radius 3 is 2.82 bits per heavy atom. The highest BCUT2D eigenvalue weighted by Gasteiger charge is 2.07. The minimum absolute atomic E-state index is 0.0538. The van der Waals surface area contributed by atoms with E-state index in [-0.39, 0.29) is 11.2 Å². The molecule has 0 aliphatic rings. The molecule has 0 bridgehead atoms. The van der Waals surface area contributed by atoms with Crippen molar-refractivity contribution in [3.63, 3.8) is 0 Å². The van der Waals surface area contributed by atoms with E-state index in [9.17, 15) is 14.9 Å². The molecule has 0 aliphatic heterocycles. The summed E-state index contributed by atoms with van der Waals surface area (Å²) < 4.78 is 0. The van der Waals surface area contributed by atoms with Crippen LogP contribution in [0.5, 0.6) is 0 Å². The largest absolute Gasteiger partial charge is 0.301 e. The predicted molar refractivity (Wildman–Crippen MR) is 85.0 cm³/mol. The van der Waals surface area contributed by atoms with Gasteiger partial charge in [0.25, 0.3) is 11.2 Å². The number of para-hydroxylation sites is 1. The van der Waals surface area contributed by atoms with Crippen molar-refractivity contribution in [2.45, 2.75) is 10.9 Å². The summed E-state index contributed by atoms with van der Waals surface area (Å²) in [5.74, 6) is 0.489. The standard InChI is InChI=1S/C15H11N3O3S/c19-14-12-6-1-2-7-13(12)16-15(17-14)22-9-10-4-3-5-11(8-10)18(20)21/h1-8H,9H2,(H,16,17,19). The number of nitro groups is 1. The molecular formula is C15H11N3O3S. The first-order chi connectivity index (χ1) is 10.6. The second kappa shape index (κ2) is 5.98. The number of rotatable bonds is 4. The number of nitrogens with one attached hydrogen (secondary N) is 1. The Bertz CT molecular complexity index is 908. The van der Waals surface area contributed by atoms with Crippen LogP contribution in [0.3, 0.4) is 0 Å². The lowest BCUT2D eigenvalue weighted by molar-refractivity contribution is -0.384. The molecule has 0 atom stereocenters. The molecule has 0 saturated heterocycles. The molecule has 3 aromatic rings. The molecule has 0 aliphatic carbocycles. The minimum atomic E-state index is -0.426. The molecule has 6 nitrogen and oxygen atoms in total. The molecule has 0 spiro atoms. The summed E-state index contributed by atoms with van der Waals surface area (Å²) in [5.41, 5.74) is 1.30. The summed E-state index contributed by atoms with van der Waals surface area (Å²) in [7, 11) is 0. The van der Waals surface area contributed by atoms with Gasteiger partial charge in [0.2, 0.25) is 0 Å². The number of thioether (sulfide) groups is 1. The highest BCUT2D eigenvalue weighted by Crippen LogP contribution is 2.22. The van der Waals surface area contributed by atoms with Gasteiger partial charge < -0.3 is 4.98 Å². The maximum Gasteiger partial charge on any atom is 0.269 e. The third-order valence-corrected chi connectivity index (χ3v) is 4.03. The van der Waals surface area contributed by atoms with Gasteiger partial charge in [0.1, 0.15) is 0 Å². The number of non-ortho nitro benzene ring substituents is 1. The highest BCUT2D eigenvalue weighted by atomic mass is 32.2. The second-order valence-electron chi connectivity index (χ2n) is 4.60. The Kier molecular flexibility index (Phi) is 3.88. The van der Waals surface area contributed by atoms with Crippen molar-refractivity contribution in [3.8, 4) is 0 Å². The molecule has 110 valence electrons. The fraction of sp³-hybridized carbons (Fsp3) is 0.0667. The Morgan fingerprint density at radius 2 is 2.00 bits per heavy atom. The van der Waals surface area contributed by atoms with Crippen LogP contribution in [-0.2, 0) is 5.75 Å². The molecule has 0 saturated carbocycles. The Hall–Kier alpha value is -2.67. The molecule has 2 aromatic carbocycles. The van der Waals surface area contributed by atoms with Gasteiger partial charge in [-0.1, -0.05) is 36.0 Å². The van der Waals surface area contributed by atoms with Crippen molar-refractivity contribution >= 4 is 28.4 Å². The average Bonchev–Trinajstić information content (AvgIpc) is 2.53. The van der Waals surface area contributed by atoms with Gasteiger partial charge in [-0.3, -0.25) is 14.9 Å². The summed E-state index contributed by atoms with van der Waals surface area (Å²) >= 11 is 1.33. The number of hydrogen-bond donors (Lipinski definition) is 1. The SMILES string of the molecule is O=c1[nH]c(SCc2cccc([N+](=O)[O-])c2)nc2ccccc12. The van der Waals surface area contributed by atoms with E-state index in [0.717, 1.165) is 5.56 Å². The molecule has 1 aromatic heterocycles. The fourth-order valence-electron chi connectivity index (χ4n) is 2.04. The van der Waals surface area contributed by atoms with Crippen LogP contribution in [-0.4, -0.2) is 14.9 Å². The monoisotopic (exact) mass is 313 g/mol. The summed E-state index contributed by atoms with van der Waals surface area (Å²) in [4.78, 5) is 29.4. The first-order valence-electron chi connectivity index (χ1n) is 6.49. The molecule has 0 amide bonds. The second-order valence-corrected chi connectivity index (χ2v) is 5.57. The Morgan fingerprint density at radius 1 is 1.18 bits per heavy atom. The molecule has 0 fully saturated rings. The quantitative estimate of drug-likeness (QED) is 0.346. The number of nitrogens with zero attached hydrogens (tertiary/aromatic N) is 2. The first kappa shape index (κ1) is 14.3. The average molecular weight is 313 g/mol. The number of benzene rings is 2. The number of H-pyrrole nitrogens is 1. The summed E-state index contributed by atoms with van der Waals surface area (Å²) in [5, 5.41) is 11.8. The van der Waals surface area contributed by atoms with Gasteiger partial charge in [0, 0.05) is 17.9 Å². The first-order valence-corrected chi connectivity index (χ1v) is 7.47. The van der Waals surface area contributed by atoms with Crippen molar-refractivity contribution < 1.29 is 4.92 Å². The lowest BCUT2D eigenvalue weighted by atomic mass is 10.2. The minimum Gasteiger partial charge on any atom is -0.301 e. The maximum atomic E-state index is 12.0. The van der Waals surface area contributed by atoms with Gasteiger partial charge in [-0.2, -0.15) is 0 Å². The van der Waals surface area contributed by atoms with Crippen LogP contribution < -0.4 is 5.56 Å². The zero-order valence-electron chi connectivity index (χ0n) is 11.4. The zero-order chi connectivity index (χ0) is 15.5. The summed E-state index contributed by atoms with van der Waals surface area (Å²) in [6.45, 7) is 0. The number of hydrogen-bond acceptors (Lipinski definition) is 5. The van der Waals surface area contributed by atoms with Crippen molar-refractivity contribution in [1.29, 1.82) is 0 Å². The van der Waals surface area contributed by atoms with Gasteiger partial charge in [-0.25, -0.2) is 4.98 Å². The number of fused-ring (bicyclic) bond motifs is 1. The van der Waals surface area contributed by atoms with Crippen molar-refractivity contribution in [1.82, 2.24) is 9.97 Å². The van der Waals surface area contributed by atoms with E-state index in [1.54, 1.807) is 30.3 Å². The number of aromatic amines is 1. The lowest BCUT2D eigenvalue weighted by Gasteiger charge is -2.03. The van der Waals surface area contributed by atoms with Gasteiger partial charge in [-0.05, 0) is 17.7 Å². The van der Waals surface area contributed by atoms with Gasteiger partial charge in [0.05, 0.1) is 15.8 Å². The van der Waals surface area contributed by atoms with Crippen LogP contribution in [0.15, 0.2) is 58.5 Å². The van der Waals surface area contributed by atoms with Crippen LogP contribution in [0.1, 0.15) is 5.56 Å². The summed E-state index contributed by atoms with van der Waals surface area (Å²) in [6.07, 6.45) is 0. The maximum absolute atomic E-state index is 12.0. The summed E-state index contributed by atoms with van der Waals surface area (Å²) in [6, 6.07) is 13.5. The van der Waals surface area contributed by atoms with Gasteiger partial charge >= 0.3 is 0 Å². The molecule has 22 heavy (non-hydrogen) atoms. The number of aromatic nitrogens is 2. The van der Waals surface area contributed by atoms with E-state index < -0.39 is 4.92 Å². The topological polar surface area (TPSA) is 88.9 Å². The van der Waals surface area contributed by atoms with Crippen LogP contribution in [0.25, 0.3) is 10.9 Å². The Balaban J connectivity index is 1.83. The van der Waals surface area contributed by atoms with Crippen LogP contribution in [0, 0.1) is 10.1 Å². The third kappa shape index (κ3) is 2.99. The molecule has 7 heteroatoms.